The standard InChI is InChI=1S/C20H24N2OS/c1-16-4-10-19(11-5-16)24-15-20(23)21-14-17-6-8-18(9-7-17)22-12-2-3-13-22/h4-11H,2-3,12-15H2,1H3,(H,21,23). The van der Waals surface area contributed by atoms with E-state index >= 15 is 0 Å². The second kappa shape index (κ2) is 8.25. The number of aryl methyl sites for hydroxylation is 1. The molecule has 1 aliphatic rings. The topological polar surface area (TPSA) is 32.3 Å². The maximum absolute atomic E-state index is 12.0. The Morgan fingerprint density at radius 3 is 2.38 bits per heavy atom. The van der Waals surface area contributed by atoms with E-state index in [0.29, 0.717) is 12.3 Å². The lowest BCUT2D eigenvalue weighted by Crippen LogP contribution is -2.24. The molecule has 0 spiro atoms. The Bertz CT molecular complexity index is 661. The minimum Gasteiger partial charge on any atom is -0.372 e. The molecule has 0 aliphatic carbocycles. The molecule has 0 atom stereocenters. The lowest BCUT2D eigenvalue weighted by Gasteiger charge is -2.17. The first-order chi connectivity index (χ1) is 11.7. The van der Waals surface area contributed by atoms with Crippen LogP contribution in [0.1, 0.15) is 24.0 Å². The third-order valence-corrected chi connectivity index (χ3v) is 5.30. The van der Waals surface area contributed by atoms with Gasteiger partial charge in [-0.2, -0.15) is 0 Å². The maximum Gasteiger partial charge on any atom is 0.230 e. The number of hydrogen-bond donors (Lipinski definition) is 1. The Labute approximate surface area is 148 Å². The third-order valence-electron chi connectivity index (χ3n) is 4.29. The summed E-state index contributed by atoms with van der Waals surface area (Å²) in [5, 5.41) is 3.00. The van der Waals surface area contributed by atoms with Crippen molar-refractivity contribution in [3.8, 4) is 0 Å². The normalized spacial score (nSPS) is 14.0. The minimum atomic E-state index is 0.0733. The van der Waals surface area contributed by atoms with Crippen molar-refractivity contribution in [2.24, 2.45) is 0 Å². The number of nitrogens with one attached hydrogen (secondary N) is 1. The monoisotopic (exact) mass is 340 g/mol. The highest BCUT2D eigenvalue weighted by molar-refractivity contribution is 8.00. The summed E-state index contributed by atoms with van der Waals surface area (Å²) >= 11 is 1.57. The quantitative estimate of drug-likeness (QED) is 0.807. The van der Waals surface area contributed by atoms with Crippen molar-refractivity contribution < 1.29 is 4.79 Å². The van der Waals surface area contributed by atoms with E-state index < -0.39 is 0 Å². The fraction of sp³-hybridized carbons (Fsp3) is 0.350. The van der Waals surface area contributed by atoms with Gasteiger partial charge in [0.2, 0.25) is 5.91 Å². The van der Waals surface area contributed by atoms with E-state index in [2.05, 4.69) is 65.7 Å². The van der Waals surface area contributed by atoms with Crippen LogP contribution in [-0.4, -0.2) is 24.7 Å². The van der Waals surface area contributed by atoms with E-state index in [1.165, 1.54) is 24.1 Å². The van der Waals surface area contributed by atoms with E-state index in [9.17, 15) is 4.79 Å². The van der Waals surface area contributed by atoms with E-state index in [1.807, 2.05) is 0 Å². The van der Waals surface area contributed by atoms with Crippen LogP contribution in [0.25, 0.3) is 0 Å². The number of anilines is 1. The summed E-state index contributed by atoms with van der Waals surface area (Å²) in [5.74, 6) is 0.527. The van der Waals surface area contributed by atoms with Crippen molar-refractivity contribution in [3.63, 3.8) is 0 Å². The second-order valence-corrected chi connectivity index (χ2v) is 7.29. The fourth-order valence-corrected chi connectivity index (χ4v) is 3.56. The third kappa shape index (κ3) is 4.78. The number of carbonyl (C=O) groups excluding carboxylic acids is 1. The second-order valence-electron chi connectivity index (χ2n) is 6.24. The van der Waals surface area contributed by atoms with Gasteiger partial charge in [0.25, 0.3) is 0 Å². The molecule has 1 fully saturated rings. The van der Waals surface area contributed by atoms with Gasteiger partial charge in [0, 0.05) is 30.2 Å². The van der Waals surface area contributed by atoms with E-state index in [-0.39, 0.29) is 5.91 Å². The number of benzene rings is 2. The average molecular weight is 340 g/mol. The highest BCUT2D eigenvalue weighted by atomic mass is 32.2. The molecule has 4 heteroatoms. The molecule has 0 bridgehead atoms. The average Bonchev–Trinajstić information content (AvgIpc) is 3.14. The Kier molecular flexibility index (Phi) is 5.81. The van der Waals surface area contributed by atoms with Crippen LogP contribution in [0.15, 0.2) is 53.4 Å². The van der Waals surface area contributed by atoms with Gasteiger partial charge in [0.15, 0.2) is 0 Å². The van der Waals surface area contributed by atoms with Crippen LogP contribution in [0, 0.1) is 6.92 Å². The van der Waals surface area contributed by atoms with Crippen LogP contribution in [0.3, 0.4) is 0 Å². The number of hydrogen-bond acceptors (Lipinski definition) is 3. The number of amides is 1. The van der Waals surface area contributed by atoms with E-state index in [4.69, 9.17) is 0 Å². The van der Waals surface area contributed by atoms with Crippen molar-refractivity contribution in [3.05, 3.63) is 59.7 Å². The van der Waals surface area contributed by atoms with Crippen LogP contribution < -0.4 is 10.2 Å². The molecule has 1 N–H and O–H groups in total. The van der Waals surface area contributed by atoms with Crippen molar-refractivity contribution in [1.29, 1.82) is 0 Å². The number of rotatable bonds is 6. The summed E-state index contributed by atoms with van der Waals surface area (Å²) < 4.78 is 0. The summed E-state index contributed by atoms with van der Waals surface area (Å²) in [6.45, 7) is 4.97. The van der Waals surface area contributed by atoms with Crippen molar-refractivity contribution in [2.75, 3.05) is 23.7 Å². The lowest BCUT2D eigenvalue weighted by atomic mass is 10.2. The highest BCUT2D eigenvalue weighted by Crippen LogP contribution is 2.20. The Balaban J connectivity index is 1.43. The summed E-state index contributed by atoms with van der Waals surface area (Å²) in [4.78, 5) is 15.5. The van der Waals surface area contributed by atoms with Crippen molar-refractivity contribution in [1.82, 2.24) is 5.32 Å². The summed E-state index contributed by atoms with van der Waals surface area (Å²) in [6, 6.07) is 16.8. The van der Waals surface area contributed by atoms with Gasteiger partial charge in [0.05, 0.1) is 5.75 Å². The molecular formula is C20H24N2OS. The Morgan fingerprint density at radius 2 is 1.71 bits per heavy atom. The number of nitrogens with zero attached hydrogens (tertiary/aromatic N) is 1. The summed E-state index contributed by atoms with van der Waals surface area (Å²) in [7, 11) is 0. The van der Waals surface area contributed by atoms with Gasteiger partial charge in [-0.05, 0) is 49.6 Å². The van der Waals surface area contributed by atoms with Crippen LogP contribution >= 0.6 is 11.8 Å². The number of carbonyl (C=O) groups is 1. The predicted octanol–water partition coefficient (Wildman–Crippen LogP) is 4.00. The molecular weight excluding hydrogens is 316 g/mol. The van der Waals surface area contributed by atoms with Gasteiger partial charge in [-0.25, -0.2) is 0 Å². The van der Waals surface area contributed by atoms with Crippen molar-refractivity contribution in [2.45, 2.75) is 31.2 Å². The van der Waals surface area contributed by atoms with Gasteiger partial charge in [-0.1, -0.05) is 29.8 Å². The molecule has 1 heterocycles. The molecule has 2 aromatic carbocycles. The largest absolute Gasteiger partial charge is 0.372 e. The van der Waals surface area contributed by atoms with Gasteiger partial charge in [-0.3, -0.25) is 4.79 Å². The van der Waals surface area contributed by atoms with Gasteiger partial charge in [-0.15, -0.1) is 11.8 Å². The first kappa shape index (κ1) is 16.9. The number of thioether (sulfide) groups is 1. The molecule has 2 aromatic rings. The molecule has 24 heavy (non-hydrogen) atoms. The SMILES string of the molecule is Cc1ccc(SCC(=O)NCc2ccc(N3CCCC3)cc2)cc1. The molecule has 1 amide bonds. The molecule has 0 radical (unpaired) electrons. The molecule has 0 aromatic heterocycles. The van der Waals surface area contributed by atoms with Crippen LogP contribution in [-0.2, 0) is 11.3 Å². The first-order valence-electron chi connectivity index (χ1n) is 8.51. The van der Waals surface area contributed by atoms with Crippen LogP contribution in [0.2, 0.25) is 0 Å². The van der Waals surface area contributed by atoms with Gasteiger partial charge in [0.1, 0.15) is 0 Å². The zero-order chi connectivity index (χ0) is 16.8. The van der Waals surface area contributed by atoms with Crippen molar-refractivity contribution >= 4 is 23.4 Å². The highest BCUT2D eigenvalue weighted by Gasteiger charge is 2.11. The molecule has 1 aliphatic heterocycles. The first-order valence-corrected chi connectivity index (χ1v) is 9.49. The molecule has 3 nitrogen and oxygen atoms in total. The Hall–Kier alpha value is -1.94. The smallest absolute Gasteiger partial charge is 0.230 e. The molecule has 0 saturated carbocycles. The molecule has 126 valence electrons. The minimum absolute atomic E-state index is 0.0733. The van der Waals surface area contributed by atoms with E-state index in [1.54, 1.807) is 11.8 Å². The maximum atomic E-state index is 12.0. The predicted molar refractivity (Wildman–Crippen MR) is 102 cm³/mol. The zero-order valence-electron chi connectivity index (χ0n) is 14.1. The summed E-state index contributed by atoms with van der Waals surface area (Å²) in [6.07, 6.45) is 2.58. The van der Waals surface area contributed by atoms with Crippen LogP contribution in [0.5, 0.6) is 0 Å². The van der Waals surface area contributed by atoms with Gasteiger partial charge < -0.3 is 10.2 Å². The molecule has 1 saturated heterocycles. The lowest BCUT2D eigenvalue weighted by molar-refractivity contribution is -0.118. The van der Waals surface area contributed by atoms with Gasteiger partial charge >= 0.3 is 0 Å². The molecule has 3 rings (SSSR count). The summed E-state index contributed by atoms with van der Waals surface area (Å²) in [5.41, 5.74) is 3.67. The van der Waals surface area contributed by atoms with Crippen LogP contribution in [0.4, 0.5) is 5.69 Å². The molecule has 0 unspecified atom stereocenters. The Morgan fingerprint density at radius 1 is 1.04 bits per heavy atom. The zero-order valence-corrected chi connectivity index (χ0v) is 14.9. The fourth-order valence-electron chi connectivity index (χ4n) is 2.83. The van der Waals surface area contributed by atoms with E-state index in [0.717, 1.165) is 23.5 Å².